The van der Waals surface area contributed by atoms with Gasteiger partial charge in [0.2, 0.25) is 5.91 Å². The average Bonchev–Trinajstić information content (AvgIpc) is 3.37. The molecular formula is C20H34N2O. The van der Waals surface area contributed by atoms with Crippen molar-refractivity contribution in [1.82, 2.24) is 4.90 Å². The van der Waals surface area contributed by atoms with E-state index in [4.69, 9.17) is 5.73 Å². The molecule has 4 fully saturated rings. The van der Waals surface area contributed by atoms with Crippen molar-refractivity contribution in [2.45, 2.75) is 89.1 Å². The zero-order chi connectivity index (χ0) is 15.8. The van der Waals surface area contributed by atoms with Gasteiger partial charge in [-0.05, 0) is 69.1 Å². The number of rotatable bonds is 4. The van der Waals surface area contributed by atoms with Crippen LogP contribution in [-0.4, -0.2) is 29.4 Å². The minimum atomic E-state index is 0.283. The second-order valence-electron chi connectivity index (χ2n) is 8.92. The van der Waals surface area contributed by atoms with Crippen molar-refractivity contribution < 1.29 is 4.79 Å². The number of carbonyl (C=O) groups is 1. The predicted molar refractivity (Wildman–Crippen MR) is 92.8 cm³/mol. The number of carbonyl (C=O) groups excluding carboxylic acids is 1. The van der Waals surface area contributed by atoms with Crippen LogP contribution in [0.15, 0.2) is 0 Å². The number of nitrogens with two attached hydrogens (primary N) is 1. The van der Waals surface area contributed by atoms with E-state index in [1.165, 1.54) is 64.2 Å². The number of hydrogen-bond donors (Lipinski definition) is 1. The first-order chi connectivity index (χ1) is 11.2. The number of nitrogens with zero attached hydrogens (tertiary/aromatic N) is 1. The van der Waals surface area contributed by atoms with E-state index < -0.39 is 0 Å². The van der Waals surface area contributed by atoms with Crippen LogP contribution in [0.3, 0.4) is 0 Å². The molecule has 0 spiro atoms. The molecule has 0 heterocycles. The molecule has 0 aromatic rings. The SMILES string of the molecule is NC1C2CCCC1CC(C(=O)N(CC1CC1)C1CCCCC1)C2. The van der Waals surface area contributed by atoms with Gasteiger partial charge in [0.15, 0.2) is 0 Å². The second-order valence-corrected chi connectivity index (χ2v) is 8.92. The van der Waals surface area contributed by atoms with Crippen LogP contribution in [0.25, 0.3) is 0 Å². The monoisotopic (exact) mass is 318 g/mol. The summed E-state index contributed by atoms with van der Waals surface area (Å²) in [6, 6.07) is 0.923. The molecule has 0 aliphatic heterocycles. The van der Waals surface area contributed by atoms with E-state index in [9.17, 15) is 4.79 Å². The van der Waals surface area contributed by atoms with Crippen LogP contribution in [0.1, 0.15) is 77.0 Å². The molecule has 4 aliphatic carbocycles. The Labute approximate surface area is 141 Å². The highest BCUT2D eigenvalue weighted by Crippen LogP contribution is 2.43. The van der Waals surface area contributed by atoms with Gasteiger partial charge >= 0.3 is 0 Å². The smallest absolute Gasteiger partial charge is 0.225 e. The maximum Gasteiger partial charge on any atom is 0.225 e. The van der Waals surface area contributed by atoms with E-state index in [-0.39, 0.29) is 5.92 Å². The molecule has 0 aromatic heterocycles. The van der Waals surface area contributed by atoms with Gasteiger partial charge in [0.1, 0.15) is 0 Å². The Hall–Kier alpha value is -0.570. The summed E-state index contributed by atoms with van der Waals surface area (Å²) in [6.45, 7) is 1.06. The maximum absolute atomic E-state index is 13.4. The molecule has 2 atom stereocenters. The van der Waals surface area contributed by atoms with E-state index in [1.807, 2.05) is 0 Å². The lowest BCUT2D eigenvalue weighted by Crippen LogP contribution is -2.52. The van der Waals surface area contributed by atoms with E-state index >= 15 is 0 Å². The van der Waals surface area contributed by atoms with E-state index in [0.717, 1.165) is 25.3 Å². The second kappa shape index (κ2) is 6.74. The van der Waals surface area contributed by atoms with Gasteiger partial charge in [0.05, 0.1) is 0 Å². The van der Waals surface area contributed by atoms with Crippen molar-refractivity contribution in [1.29, 1.82) is 0 Å². The van der Waals surface area contributed by atoms with Gasteiger partial charge in [-0.3, -0.25) is 4.79 Å². The molecule has 130 valence electrons. The molecule has 0 saturated heterocycles. The molecule has 3 nitrogen and oxygen atoms in total. The Bertz CT molecular complexity index is 413. The summed E-state index contributed by atoms with van der Waals surface area (Å²) in [4.78, 5) is 15.7. The van der Waals surface area contributed by atoms with Gasteiger partial charge < -0.3 is 10.6 Å². The molecule has 4 rings (SSSR count). The summed E-state index contributed by atoms with van der Waals surface area (Å²) >= 11 is 0. The molecule has 0 aromatic carbocycles. The van der Waals surface area contributed by atoms with Crippen molar-refractivity contribution in [3.05, 3.63) is 0 Å². The lowest BCUT2D eigenvalue weighted by molar-refractivity contribution is -0.142. The normalized spacial score (nSPS) is 38.3. The third-order valence-corrected chi connectivity index (χ3v) is 7.21. The first-order valence-electron chi connectivity index (χ1n) is 10.3. The summed E-state index contributed by atoms with van der Waals surface area (Å²) in [5, 5.41) is 0. The number of fused-ring (bicyclic) bond motifs is 2. The van der Waals surface area contributed by atoms with Crippen LogP contribution in [0.2, 0.25) is 0 Å². The molecule has 2 unspecified atom stereocenters. The highest BCUT2D eigenvalue weighted by atomic mass is 16.2. The van der Waals surface area contributed by atoms with Crippen molar-refractivity contribution >= 4 is 5.91 Å². The zero-order valence-electron chi connectivity index (χ0n) is 14.6. The lowest BCUT2D eigenvalue weighted by Gasteiger charge is -2.45. The minimum Gasteiger partial charge on any atom is -0.339 e. The molecule has 2 bridgehead atoms. The molecule has 23 heavy (non-hydrogen) atoms. The van der Waals surface area contributed by atoms with Crippen LogP contribution in [0.4, 0.5) is 0 Å². The quantitative estimate of drug-likeness (QED) is 0.859. The summed E-state index contributed by atoms with van der Waals surface area (Å²) in [5.41, 5.74) is 6.43. The van der Waals surface area contributed by atoms with Gasteiger partial charge in [0.25, 0.3) is 0 Å². The summed E-state index contributed by atoms with van der Waals surface area (Å²) in [7, 11) is 0. The molecule has 2 N–H and O–H groups in total. The summed E-state index contributed by atoms with van der Waals surface area (Å²) in [5.74, 6) is 2.83. The van der Waals surface area contributed by atoms with E-state index in [1.54, 1.807) is 0 Å². The third kappa shape index (κ3) is 3.45. The fourth-order valence-electron chi connectivity index (χ4n) is 5.62. The van der Waals surface area contributed by atoms with Crippen LogP contribution in [-0.2, 0) is 4.79 Å². The van der Waals surface area contributed by atoms with Gasteiger partial charge in [-0.2, -0.15) is 0 Å². The van der Waals surface area contributed by atoms with Crippen molar-refractivity contribution in [2.75, 3.05) is 6.54 Å². The Morgan fingerprint density at radius 3 is 2.13 bits per heavy atom. The van der Waals surface area contributed by atoms with Crippen LogP contribution in [0.5, 0.6) is 0 Å². The molecule has 4 aliphatic rings. The number of hydrogen-bond acceptors (Lipinski definition) is 2. The predicted octanol–water partition coefficient (Wildman–Crippen LogP) is 3.71. The molecule has 0 radical (unpaired) electrons. The number of amides is 1. The van der Waals surface area contributed by atoms with Crippen LogP contribution in [0, 0.1) is 23.7 Å². The van der Waals surface area contributed by atoms with Gasteiger partial charge in [-0.25, -0.2) is 0 Å². The lowest BCUT2D eigenvalue weighted by atomic mass is 9.64. The fourth-order valence-corrected chi connectivity index (χ4v) is 5.62. The Balaban J connectivity index is 1.45. The first-order valence-corrected chi connectivity index (χ1v) is 10.3. The highest BCUT2D eigenvalue weighted by Gasteiger charge is 2.43. The molecule has 1 amide bonds. The molecule has 4 saturated carbocycles. The van der Waals surface area contributed by atoms with Crippen molar-refractivity contribution in [3.63, 3.8) is 0 Å². The Morgan fingerprint density at radius 2 is 1.52 bits per heavy atom. The first kappa shape index (κ1) is 15.9. The topological polar surface area (TPSA) is 46.3 Å². The van der Waals surface area contributed by atoms with E-state index in [0.29, 0.717) is 29.8 Å². The highest BCUT2D eigenvalue weighted by molar-refractivity contribution is 5.79. The van der Waals surface area contributed by atoms with Crippen LogP contribution < -0.4 is 5.73 Å². The fraction of sp³-hybridized carbons (Fsp3) is 0.950. The third-order valence-electron chi connectivity index (χ3n) is 7.21. The summed E-state index contributed by atoms with van der Waals surface area (Å²) < 4.78 is 0. The minimum absolute atomic E-state index is 0.283. The van der Waals surface area contributed by atoms with Crippen LogP contribution >= 0.6 is 0 Å². The molecule has 3 heteroatoms. The van der Waals surface area contributed by atoms with Crippen molar-refractivity contribution in [3.8, 4) is 0 Å². The van der Waals surface area contributed by atoms with Gasteiger partial charge in [-0.15, -0.1) is 0 Å². The largest absolute Gasteiger partial charge is 0.339 e. The summed E-state index contributed by atoms with van der Waals surface area (Å²) in [6.07, 6.45) is 15.2. The Kier molecular flexibility index (Phi) is 4.67. The van der Waals surface area contributed by atoms with Gasteiger partial charge in [0, 0.05) is 24.5 Å². The standard InChI is InChI=1S/C20H34N2O/c21-19-15-5-4-6-16(19)12-17(11-15)20(23)22(13-14-9-10-14)18-7-2-1-3-8-18/h14-19H,1-13,21H2. The van der Waals surface area contributed by atoms with Gasteiger partial charge in [-0.1, -0.05) is 25.7 Å². The Morgan fingerprint density at radius 1 is 0.870 bits per heavy atom. The van der Waals surface area contributed by atoms with E-state index in [2.05, 4.69) is 4.90 Å². The van der Waals surface area contributed by atoms with Crippen molar-refractivity contribution in [2.24, 2.45) is 29.4 Å². The zero-order valence-corrected chi connectivity index (χ0v) is 14.6. The maximum atomic E-state index is 13.4. The average molecular weight is 319 g/mol. The molecular weight excluding hydrogens is 284 g/mol.